The van der Waals surface area contributed by atoms with Crippen molar-refractivity contribution < 1.29 is 13.9 Å². The Morgan fingerprint density at radius 3 is 2.93 bits per heavy atom. The largest absolute Gasteiger partial charge is 0.493 e. The molecule has 0 saturated carbocycles. The minimum absolute atomic E-state index is 0.301. The van der Waals surface area contributed by atoms with Crippen molar-refractivity contribution in [2.24, 2.45) is 0 Å². The van der Waals surface area contributed by atoms with Crippen LogP contribution in [0, 0.1) is 5.82 Å². The van der Waals surface area contributed by atoms with E-state index in [2.05, 4.69) is 0 Å². The molecule has 82 valence electrons. The highest BCUT2D eigenvalue weighted by Crippen LogP contribution is 2.15. The molecular formula is C11H13FO2S. The first kappa shape index (κ1) is 12.0. The quantitative estimate of drug-likeness (QED) is 0.553. The Morgan fingerprint density at radius 1 is 1.47 bits per heavy atom. The average Bonchev–Trinajstić information content (AvgIpc) is 2.23. The normalized spacial score (nSPS) is 10.0. The molecule has 2 nitrogen and oxygen atoms in total. The molecule has 0 unspecified atom stereocenters. The first-order chi connectivity index (χ1) is 7.26. The van der Waals surface area contributed by atoms with Gasteiger partial charge in [0.15, 0.2) is 0 Å². The first-order valence-electron chi connectivity index (χ1n) is 4.64. The monoisotopic (exact) mass is 228 g/mol. The second kappa shape index (κ2) is 6.45. The van der Waals surface area contributed by atoms with Crippen LogP contribution in [0.25, 0.3) is 0 Å². The number of benzene rings is 1. The number of hydrogen-bond donors (Lipinski definition) is 0. The van der Waals surface area contributed by atoms with E-state index in [0.29, 0.717) is 24.2 Å². The lowest BCUT2D eigenvalue weighted by molar-refractivity contribution is 0.112. The Kier molecular flexibility index (Phi) is 5.18. The topological polar surface area (TPSA) is 26.3 Å². The van der Waals surface area contributed by atoms with E-state index in [1.165, 1.54) is 18.2 Å². The highest BCUT2D eigenvalue weighted by molar-refractivity contribution is 7.98. The van der Waals surface area contributed by atoms with Gasteiger partial charge in [0.05, 0.1) is 6.61 Å². The van der Waals surface area contributed by atoms with Crippen molar-refractivity contribution in [3.63, 3.8) is 0 Å². The smallest absolute Gasteiger partial charge is 0.150 e. The minimum Gasteiger partial charge on any atom is -0.493 e. The molecule has 0 amide bonds. The molecule has 0 atom stereocenters. The Labute approximate surface area is 92.8 Å². The predicted molar refractivity (Wildman–Crippen MR) is 60.3 cm³/mol. The molecule has 0 saturated heterocycles. The van der Waals surface area contributed by atoms with Crippen LogP contribution in [0.3, 0.4) is 0 Å². The summed E-state index contributed by atoms with van der Waals surface area (Å²) in [6.07, 6.45) is 3.54. The van der Waals surface area contributed by atoms with Crippen molar-refractivity contribution in [1.82, 2.24) is 0 Å². The van der Waals surface area contributed by atoms with Gasteiger partial charge >= 0.3 is 0 Å². The molecule has 0 aromatic heterocycles. The van der Waals surface area contributed by atoms with Crippen LogP contribution in [0.2, 0.25) is 0 Å². The first-order valence-corrected chi connectivity index (χ1v) is 6.03. The summed E-state index contributed by atoms with van der Waals surface area (Å²) in [5.41, 5.74) is 0.301. The highest BCUT2D eigenvalue weighted by Gasteiger charge is 2.00. The summed E-state index contributed by atoms with van der Waals surface area (Å²) in [4.78, 5) is 10.5. The zero-order valence-corrected chi connectivity index (χ0v) is 9.35. The molecule has 15 heavy (non-hydrogen) atoms. The summed E-state index contributed by atoms with van der Waals surface area (Å²) in [6.45, 7) is 0.544. The van der Waals surface area contributed by atoms with Crippen LogP contribution in [-0.2, 0) is 0 Å². The molecule has 0 aliphatic rings. The van der Waals surface area contributed by atoms with E-state index in [-0.39, 0.29) is 0 Å². The van der Waals surface area contributed by atoms with Crippen molar-refractivity contribution in [3.05, 3.63) is 29.6 Å². The lowest BCUT2D eigenvalue weighted by Gasteiger charge is -2.06. The van der Waals surface area contributed by atoms with Crippen molar-refractivity contribution >= 4 is 18.0 Å². The van der Waals surface area contributed by atoms with Crippen molar-refractivity contribution in [3.8, 4) is 5.75 Å². The van der Waals surface area contributed by atoms with Gasteiger partial charge in [-0.25, -0.2) is 4.39 Å². The molecular weight excluding hydrogens is 215 g/mol. The molecule has 4 heteroatoms. The van der Waals surface area contributed by atoms with Gasteiger partial charge in [0.25, 0.3) is 0 Å². The number of aldehydes is 1. The Bertz CT molecular complexity index is 328. The van der Waals surface area contributed by atoms with Crippen molar-refractivity contribution in [2.45, 2.75) is 6.42 Å². The fourth-order valence-corrected chi connectivity index (χ4v) is 1.54. The maximum absolute atomic E-state index is 12.9. The molecule has 0 aliphatic carbocycles. The van der Waals surface area contributed by atoms with E-state index in [1.54, 1.807) is 11.8 Å². The Balaban J connectivity index is 2.53. The van der Waals surface area contributed by atoms with Gasteiger partial charge in [-0.2, -0.15) is 11.8 Å². The van der Waals surface area contributed by atoms with Crippen LogP contribution >= 0.6 is 11.8 Å². The molecule has 0 radical (unpaired) electrons. The van der Waals surface area contributed by atoms with E-state index in [9.17, 15) is 9.18 Å². The second-order valence-corrected chi connectivity index (χ2v) is 4.02. The summed E-state index contributed by atoms with van der Waals surface area (Å²) in [6, 6.07) is 4.00. The number of rotatable bonds is 6. The highest BCUT2D eigenvalue weighted by atomic mass is 32.2. The van der Waals surface area contributed by atoms with Crippen LogP contribution in [0.15, 0.2) is 18.2 Å². The van der Waals surface area contributed by atoms with Crippen LogP contribution in [0.1, 0.15) is 16.8 Å². The van der Waals surface area contributed by atoms with Gasteiger partial charge in [-0.05, 0) is 30.6 Å². The fraction of sp³-hybridized carbons (Fsp3) is 0.364. The summed E-state index contributed by atoms with van der Waals surface area (Å²) < 4.78 is 18.3. The fourth-order valence-electron chi connectivity index (χ4n) is 1.13. The van der Waals surface area contributed by atoms with Crippen LogP contribution in [0.4, 0.5) is 4.39 Å². The molecule has 0 N–H and O–H groups in total. The number of carbonyl (C=O) groups excluding carboxylic acids is 1. The molecule has 0 fully saturated rings. The maximum Gasteiger partial charge on any atom is 0.150 e. The zero-order chi connectivity index (χ0) is 11.1. The van der Waals surface area contributed by atoms with E-state index in [0.717, 1.165) is 12.2 Å². The van der Waals surface area contributed by atoms with Crippen LogP contribution in [-0.4, -0.2) is 24.9 Å². The Morgan fingerprint density at radius 2 is 2.27 bits per heavy atom. The Hall–Kier alpha value is -1.03. The third-order valence-corrected chi connectivity index (χ3v) is 2.49. The summed E-state index contributed by atoms with van der Waals surface area (Å²) >= 11 is 1.74. The van der Waals surface area contributed by atoms with Crippen LogP contribution < -0.4 is 4.74 Å². The molecule has 0 bridgehead atoms. The molecule has 0 spiro atoms. The summed E-state index contributed by atoms with van der Waals surface area (Å²) in [7, 11) is 0. The molecule has 0 aliphatic heterocycles. The zero-order valence-electron chi connectivity index (χ0n) is 8.53. The van der Waals surface area contributed by atoms with Gasteiger partial charge in [0.1, 0.15) is 17.9 Å². The molecule has 1 rings (SSSR count). The molecule has 0 heterocycles. The maximum atomic E-state index is 12.9. The third-order valence-electron chi connectivity index (χ3n) is 1.79. The predicted octanol–water partition coefficient (Wildman–Crippen LogP) is 2.77. The van der Waals surface area contributed by atoms with Gasteiger partial charge in [-0.15, -0.1) is 0 Å². The third kappa shape index (κ3) is 4.34. The van der Waals surface area contributed by atoms with Gasteiger partial charge in [0.2, 0.25) is 0 Å². The number of halogens is 1. The van der Waals surface area contributed by atoms with Crippen molar-refractivity contribution in [2.75, 3.05) is 18.6 Å². The molecule has 1 aromatic rings. The van der Waals surface area contributed by atoms with Crippen molar-refractivity contribution in [1.29, 1.82) is 0 Å². The van der Waals surface area contributed by atoms with Gasteiger partial charge in [-0.1, -0.05) is 0 Å². The number of ether oxygens (including phenoxy) is 1. The van der Waals surface area contributed by atoms with E-state index in [4.69, 9.17) is 4.74 Å². The van der Waals surface area contributed by atoms with Gasteiger partial charge in [0, 0.05) is 11.6 Å². The lowest BCUT2D eigenvalue weighted by Crippen LogP contribution is -1.99. The van der Waals surface area contributed by atoms with Gasteiger partial charge < -0.3 is 4.74 Å². The number of hydrogen-bond acceptors (Lipinski definition) is 3. The number of carbonyl (C=O) groups is 1. The second-order valence-electron chi connectivity index (χ2n) is 3.03. The minimum atomic E-state index is -0.445. The standard InChI is InChI=1S/C11H13FO2S/c1-15-4-2-3-14-11-6-9(8-13)5-10(12)7-11/h5-8H,2-4H2,1H3. The van der Waals surface area contributed by atoms with Gasteiger partial charge in [-0.3, -0.25) is 4.79 Å². The van der Waals surface area contributed by atoms with E-state index in [1.807, 2.05) is 6.26 Å². The number of thioether (sulfide) groups is 1. The summed E-state index contributed by atoms with van der Waals surface area (Å²) in [5, 5.41) is 0. The SMILES string of the molecule is CSCCCOc1cc(F)cc(C=O)c1. The lowest BCUT2D eigenvalue weighted by atomic mass is 10.2. The average molecular weight is 228 g/mol. The van der Waals surface area contributed by atoms with Crippen LogP contribution in [0.5, 0.6) is 5.75 Å². The summed E-state index contributed by atoms with van der Waals surface area (Å²) in [5.74, 6) is 0.980. The molecule has 1 aromatic carbocycles. The van der Waals surface area contributed by atoms with E-state index < -0.39 is 5.82 Å². The van der Waals surface area contributed by atoms with E-state index >= 15 is 0 Å².